The van der Waals surface area contributed by atoms with Crippen LogP contribution in [0.3, 0.4) is 0 Å². The molecule has 1 unspecified atom stereocenters. The summed E-state index contributed by atoms with van der Waals surface area (Å²) in [7, 11) is 1.64. The summed E-state index contributed by atoms with van der Waals surface area (Å²) in [5.41, 5.74) is 2.84. The summed E-state index contributed by atoms with van der Waals surface area (Å²) in [5.74, 6) is 1.58. The van der Waals surface area contributed by atoms with Gasteiger partial charge in [0.2, 0.25) is 0 Å². The summed E-state index contributed by atoms with van der Waals surface area (Å²) in [5, 5.41) is 0.802. The number of aromatic nitrogens is 1. The first-order chi connectivity index (χ1) is 9.08. The highest BCUT2D eigenvalue weighted by atomic mass is 79.9. The van der Waals surface area contributed by atoms with Gasteiger partial charge in [-0.15, -0.1) is 17.0 Å². The molecule has 6 heteroatoms. The minimum atomic E-state index is -0.716. The molecule has 3 rings (SSSR count). The minimum Gasteiger partial charge on any atom is -0.494 e. The maximum Gasteiger partial charge on any atom is 0.196 e. The lowest BCUT2D eigenvalue weighted by molar-refractivity contribution is 0.218. The lowest BCUT2D eigenvalue weighted by Crippen LogP contribution is -2.28. The first-order valence-corrected chi connectivity index (χ1v) is 7.48. The monoisotopic (exact) mass is 421 g/mol. The van der Waals surface area contributed by atoms with Gasteiger partial charge < -0.3 is 9.47 Å². The number of para-hydroxylation sites is 1. The van der Waals surface area contributed by atoms with Crippen molar-refractivity contribution in [1.82, 2.24) is 4.98 Å². The van der Waals surface area contributed by atoms with E-state index in [4.69, 9.17) is 21.1 Å². The average Bonchev–Trinajstić information content (AvgIpc) is 2.78. The normalized spacial score (nSPS) is 20.2. The van der Waals surface area contributed by atoms with Crippen molar-refractivity contribution in [1.29, 1.82) is 0 Å². The molecule has 0 spiro atoms. The molecule has 2 aromatic rings. The molecule has 0 saturated carbocycles. The van der Waals surface area contributed by atoms with Crippen LogP contribution in [0.15, 0.2) is 18.2 Å². The van der Waals surface area contributed by atoms with Gasteiger partial charge in [0.05, 0.1) is 12.4 Å². The number of methoxy groups -OCH3 is 1. The topological polar surface area (TPSA) is 31.4 Å². The van der Waals surface area contributed by atoms with E-state index in [0.717, 1.165) is 33.7 Å². The van der Waals surface area contributed by atoms with Gasteiger partial charge in [-0.2, -0.15) is 0 Å². The molecule has 0 radical (unpaired) electrons. The molecular weight excluding hydrogens is 409 g/mol. The zero-order chi connectivity index (χ0) is 13.6. The van der Waals surface area contributed by atoms with E-state index in [1.165, 1.54) is 0 Å². The smallest absolute Gasteiger partial charge is 0.196 e. The molecule has 1 aromatic heterocycles. The minimum absolute atomic E-state index is 0. The molecule has 0 aliphatic carbocycles. The number of nitrogens with zero attached hydrogens (tertiary/aromatic N) is 1. The van der Waals surface area contributed by atoms with Gasteiger partial charge in [0.15, 0.2) is 5.06 Å². The van der Waals surface area contributed by atoms with Crippen molar-refractivity contribution in [2.45, 2.75) is 18.4 Å². The van der Waals surface area contributed by atoms with E-state index in [9.17, 15) is 0 Å². The molecule has 1 aromatic carbocycles. The van der Waals surface area contributed by atoms with Crippen LogP contribution >= 0.6 is 44.5 Å². The number of ether oxygens (including phenoxy) is 2. The van der Waals surface area contributed by atoms with Crippen LogP contribution in [0.2, 0.25) is 0 Å². The summed E-state index contributed by atoms with van der Waals surface area (Å²) in [4.78, 5) is 4.64. The fourth-order valence-corrected chi connectivity index (χ4v) is 2.95. The Labute approximate surface area is 141 Å². The maximum absolute atomic E-state index is 6.44. The van der Waals surface area contributed by atoms with Crippen LogP contribution in [-0.2, 0) is 6.42 Å². The summed E-state index contributed by atoms with van der Waals surface area (Å²) in [6.07, 6.45) is 0.654. The Bertz CT molecular complexity index is 665. The van der Waals surface area contributed by atoms with E-state index in [1.807, 2.05) is 25.1 Å². The van der Waals surface area contributed by atoms with Crippen LogP contribution in [-0.4, -0.2) is 22.5 Å². The van der Waals surface area contributed by atoms with Gasteiger partial charge in [-0.3, -0.25) is 0 Å². The maximum atomic E-state index is 6.44. The zero-order valence-electron chi connectivity index (χ0n) is 11.1. The van der Waals surface area contributed by atoms with E-state index in [0.29, 0.717) is 11.8 Å². The summed E-state index contributed by atoms with van der Waals surface area (Å²) < 4.78 is 11.3. The van der Waals surface area contributed by atoms with E-state index in [-0.39, 0.29) is 17.0 Å². The van der Waals surface area contributed by atoms with E-state index < -0.39 is 5.06 Å². The number of hydrogen-bond acceptors (Lipinski definition) is 3. The third-order valence-electron chi connectivity index (χ3n) is 3.38. The van der Waals surface area contributed by atoms with Gasteiger partial charge >= 0.3 is 0 Å². The van der Waals surface area contributed by atoms with Crippen molar-refractivity contribution in [3.63, 3.8) is 0 Å². The molecule has 0 bridgehead atoms. The lowest BCUT2D eigenvalue weighted by atomic mass is 10.1. The standard InChI is InChI=1S/C14H13BrClNO2.BrH/c1-8-10-6-14(16,7-15)19-13(10)9-4-3-5-11(18-2)12(9)17-8;/h3-5H,6-7H2,1-2H3;1H. The van der Waals surface area contributed by atoms with Crippen molar-refractivity contribution >= 4 is 55.4 Å². The molecule has 2 heterocycles. The number of hydrogen-bond donors (Lipinski definition) is 0. The molecule has 1 aliphatic rings. The largest absolute Gasteiger partial charge is 0.494 e. The molecule has 20 heavy (non-hydrogen) atoms. The van der Waals surface area contributed by atoms with Crippen molar-refractivity contribution in [3.8, 4) is 11.5 Å². The lowest BCUT2D eigenvalue weighted by Gasteiger charge is -2.17. The molecule has 108 valence electrons. The first kappa shape index (κ1) is 15.9. The Balaban J connectivity index is 0.00000147. The number of halogens is 3. The number of aryl methyl sites for hydroxylation is 1. The third kappa shape index (κ3) is 2.40. The number of alkyl halides is 2. The SMILES string of the molecule is Br.COc1cccc2c3c(c(C)nc12)CC(Cl)(CBr)O3. The van der Waals surface area contributed by atoms with Crippen LogP contribution < -0.4 is 9.47 Å². The molecule has 3 nitrogen and oxygen atoms in total. The molecule has 0 N–H and O–H groups in total. The van der Waals surface area contributed by atoms with Gasteiger partial charge in [-0.05, 0) is 19.1 Å². The fourth-order valence-electron chi connectivity index (χ4n) is 2.43. The highest BCUT2D eigenvalue weighted by Crippen LogP contribution is 2.45. The highest BCUT2D eigenvalue weighted by Gasteiger charge is 2.39. The second-order valence-electron chi connectivity index (χ2n) is 4.66. The van der Waals surface area contributed by atoms with Gasteiger partial charge in [0.25, 0.3) is 0 Å². The summed E-state index contributed by atoms with van der Waals surface area (Å²) in [6.45, 7) is 1.98. The average molecular weight is 424 g/mol. The highest BCUT2D eigenvalue weighted by molar-refractivity contribution is 9.09. The number of fused-ring (bicyclic) bond motifs is 3. The van der Waals surface area contributed by atoms with Crippen LogP contribution in [0.1, 0.15) is 11.3 Å². The van der Waals surface area contributed by atoms with Gasteiger partial charge in [0, 0.05) is 23.1 Å². The Morgan fingerprint density at radius 3 is 2.90 bits per heavy atom. The predicted molar refractivity (Wildman–Crippen MR) is 90.1 cm³/mol. The van der Waals surface area contributed by atoms with Gasteiger partial charge in [-0.25, -0.2) is 4.98 Å². The van der Waals surface area contributed by atoms with Crippen LogP contribution in [0.4, 0.5) is 0 Å². The van der Waals surface area contributed by atoms with Crippen LogP contribution in [0.25, 0.3) is 10.9 Å². The number of rotatable bonds is 2. The van der Waals surface area contributed by atoms with Crippen molar-refractivity contribution < 1.29 is 9.47 Å². The summed E-state index contributed by atoms with van der Waals surface area (Å²) >= 11 is 9.84. The molecule has 1 atom stereocenters. The predicted octanol–water partition coefficient (Wildman–Crippen LogP) is 4.39. The second-order valence-corrected chi connectivity index (χ2v) is 5.91. The third-order valence-corrected chi connectivity index (χ3v) is 4.95. The Kier molecular flexibility index (Phi) is 4.52. The van der Waals surface area contributed by atoms with Crippen molar-refractivity contribution in [3.05, 3.63) is 29.5 Å². The fraction of sp³-hybridized carbons (Fsp3) is 0.357. The zero-order valence-corrected chi connectivity index (χ0v) is 15.1. The van der Waals surface area contributed by atoms with Crippen molar-refractivity contribution in [2.75, 3.05) is 12.4 Å². The Morgan fingerprint density at radius 1 is 1.50 bits per heavy atom. The number of pyridine rings is 1. The van der Waals surface area contributed by atoms with Crippen LogP contribution in [0.5, 0.6) is 11.5 Å². The molecule has 0 amide bonds. The van der Waals surface area contributed by atoms with Crippen molar-refractivity contribution in [2.24, 2.45) is 0 Å². The molecular formula is C14H14Br2ClNO2. The first-order valence-electron chi connectivity index (χ1n) is 5.98. The molecule has 0 saturated heterocycles. The Morgan fingerprint density at radius 2 is 2.25 bits per heavy atom. The van der Waals surface area contributed by atoms with E-state index in [2.05, 4.69) is 20.9 Å². The van der Waals surface area contributed by atoms with Gasteiger partial charge in [0.1, 0.15) is 17.0 Å². The molecule has 1 aliphatic heterocycles. The van der Waals surface area contributed by atoms with E-state index in [1.54, 1.807) is 7.11 Å². The van der Waals surface area contributed by atoms with Gasteiger partial charge in [-0.1, -0.05) is 33.6 Å². The van der Waals surface area contributed by atoms with E-state index >= 15 is 0 Å². The quantitative estimate of drug-likeness (QED) is 0.671. The van der Waals surface area contributed by atoms with Crippen LogP contribution in [0, 0.1) is 6.92 Å². The summed E-state index contributed by atoms with van der Waals surface area (Å²) in [6, 6.07) is 5.82. The second kappa shape index (κ2) is 5.70. The Hall–Kier alpha value is -0.520. The number of benzene rings is 1. The molecule has 0 fully saturated rings.